The van der Waals surface area contributed by atoms with Crippen molar-refractivity contribution in [2.45, 2.75) is 68.6 Å². The monoisotopic (exact) mass is 263 g/mol. The first-order valence-corrected chi connectivity index (χ1v) is 7.51. The van der Waals surface area contributed by atoms with Gasteiger partial charge in [-0.2, -0.15) is 4.98 Å². The van der Waals surface area contributed by atoms with E-state index in [0.29, 0.717) is 30.1 Å². The highest BCUT2D eigenvalue weighted by Crippen LogP contribution is 2.44. The van der Waals surface area contributed by atoms with Gasteiger partial charge in [-0.25, -0.2) is 0 Å². The van der Waals surface area contributed by atoms with Crippen molar-refractivity contribution in [1.82, 2.24) is 15.5 Å². The zero-order valence-electron chi connectivity index (χ0n) is 11.3. The Morgan fingerprint density at radius 1 is 1.16 bits per heavy atom. The molecule has 1 aliphatic carbocycles. The second-order valence-electron chi connectivity index (χ2n) is 6.14. The van der Waals surface area contributed by atoms with Gasteiger partial charge in [-0.05, 0) is 39.2 Å². The number of hydrogen-bond acceptors (Lipinski definition) is 5. The van der Waals surface area contributed by atoms with E-state index in [1.54, 1.807) is 0 Å². The minimum Gasteiger partial charge on any atom is -0.374 e. The molecule has 0 radical (unpaired) electrons. The van der Waals surface area contributed by atoms with Crippen LogP contribution in [0, 0.1) is 0 Å². The van der Waals surface area contributed by atoms with Crippen LogP contribution in [0.2, 0.25) is 0 Å². The minimum atomic E-state index is 0.333. The summed E-state index contributed by atoms with van der Waals surface area (Å²) in [6.45, 7) is 0. The van der Waals surface area contributed by atoms with Crippen molar-refractivity contribution >= 4 is 0 Å². The number of rotatable bonds is 3. The fourth-order valence-electron chi connectivity index (χ4n) is 4.06. The average Bonchev–Trinajstić information content (AvgIpc) is 3.19. The van der Waals surface area contributed by atoms with Gasteiger partial charge in [0, 0.05) is 6.04 Å². The van der Waals surface area contributed by atoms with Gasteiger partial charge < -0.3 is 14.6 Å². The third-order valence-electron chi connectivity index (χ3n) is 5.10. The third-order valence-corrected chi connectivity index (χ3v) is 5.10. The molecule has 2 bridgehead atoms. The van der Waals surface area contributed by atoms with E-state index < -0.39 is 0 Å². The maximum Gasteiger partial charge on any atom is 0.231 e. The first kappa shape index (κ1) is 11.9. The minimum absolute atomic E-state index is 0.333. The van der Waals surface area contributed by atoms with Crippen LogP contribution < -0.4 is 5.32 Å². The van der Waals surface area contributed by atoms with Crippen molar-refractivity contribution in [2.75, 3.05) is 7.05 Å². The molecule has 1 saturated carbocycles. The molecule has 19 heavy (non-hydrogen) atoms. The van der Waals surface area contributed by atoms with Crippen LogP contribution in [0.15, 0.2) is 4.52 Å². The number of likely N-dealkylation sites (N-methyl/N-ethyl adjacent to an activating group) is 1. The Hall–Kier alpha value is -0.940. The first-order valence-electron chi connectivity index (χ1n) is 7.51. The lowest BCUT2D eigenvalue weighted by atomic mass is 9.89. The Morgan fingerprint density at radius 3 is 2.84 bits per heavy atom. The van der Waals surface area contributed by atoms with Gasteiger partial charge >= 0.3 is 0 Å². The Labute approximate surface area is 113 Å². The van der Waals surface area contributed by atoms with Crippen LogP contribution in [0.3, 0.4) is 0 Å². The van der Waals surface area contributed by atoms with Crippen molar-refractivity contribution in [3.05, 3.63) is 11.7 Å². The number of hydrogen-bond donors (Lipinski definition) is 1. The molecular formula is C14H21N3O2. The van der Waals surface area contributed by atoms with E-state index in [1.807, 2.05) is 7.05 Å². The summed E-state index contributed by atoms with van der Waals surface area (Å²) in [5, 5.41) is 7.60. The highest BCUT2D eigenvalue weighted by molar-refractivity contribution is 5.09. The fourth-order valence-corrected chi connectivity index (χ4v) is 4.06. The summed E-state index contributed by atoms with van der Waals surface area (Å²) in [7, 11) is 2.02. The Balaban J connectivity index is 1.53. The van der Waals surface area contributed by atoms with E-state index in [4.69, 9.17) is 14.2 Å². The highest BCUT2D eigenvalue weighted by Gasteiger charge is 2.44. The SMILES string of the molecule is CNC1CCCC1c1nc(C2CC3CCC2O3)no1. The molecule has 4 rings (SSSR count). The maximum atomic E-state index is 5.88. The van der Waals surface area contributed by atoms with Gasteiger partial charge in [0.25, 0.3) is 0 Å². The number of aromatic nitrogens is 2. The molecule has 104 valence electrons. The summed E-state index contributed by atoms with van der Waals surface area (Å²) in [6.07, 6.45) is 7.80. The van der Waals surface area contributed by atoms with Crippen LogP contribution in [0.25, 0.3) is 0 Å². The molecule has 1 aromatic heterocycles. The molecule has 5 nitrogen and oxygen atoms in total. The van der Waals surface area contributed by atoms with Crippen LogP contribution in [-0.2, 0) is 4.74 Å². The molecule has 0 aromatic carbocycles. The molecule has 3 heterocycles. The third kappa shape index (κ3) is 1.91. The quantitative estimate of drug-likeness (QED) is 0.903. The number of nitrogens with one attached hydrogen (secondary N) is 1. The molecule has 5 unspecified atom stereocenters. The first-order chi connectivity index (χ1) is 9.35. The molecule has 2 aliphatic heterocycles. The van der Waals surface area contributed by atoms with Gasteiger partial charge in [0.15, 0.2) is 5.82 Å². The summed E-state index contributed by atoms with van der Waals surface area (Å²) in [5.41, 5.74) is 0. The number of fused-ring (bicyclic) bond motifs is 2. The van der Waals surface area contributed by atoms with E-state index in [2.05, 4.69) is 10.5 Å². The summed E-state index contributed by atoms with van der Waals surface area (Å²) in [6, 6.07) is 0.490. The van der Waals surface area contributed by atoms with Gasteiger partial charge in [-0.1, -0.05) is 11.6 Å². The lowest BCUT2D eigenvalue weighted by Gasteiger charge is -2.15. The molecular weight excluding hydrogens is 242 g/mol. The second kappa shape index (κ2) is 4.56. The molecule has 1 N–H and O–H groups in total. The van der Waals surface area contributed by atoms with Gasteiger partial charge in [0.2, 0.25) is 5.89 Å². The van der Waals surface area contributed by atoms with Crippen molar-refractivity contribution in [2.24, 2.45) is 0 Å². The van der Waals surface area contributed by atoms with E-state index >= 15 is 0 Å². The molecule has 5 atom stereocenters. The van der Waals surface area contributed by atoms with Crippen molar-refractivity contribution in [3.8, 4) is 0 Å². The van der Waals surface area contributed by atoms with E-state index in [-0.39, 0.29) is 0 Å². The number of ether oxygens (including phenoxy) is 1. The topological polar surface area (TPSA) is 60.2 Å². The Morgan fingerprint density at radius 2 is 2.11 bits per heavy atom. The number of nitrogens with zero attached hydrogens (tertiary/aromatic N) is 2. The molecule has 2 saturated heterocycles. The van der Waals surface area contributed by atoms with Crippen LogP contribution in [0.1, 0.15) is 62.1 Å². The normalized spacial score (nSPS) is 41.2. The van der Waals surface area contributed by atoms with E-state index in [1.165, 1.54) is 19.3 Å². The van der Waals surface area contributed by atoms with Gasteiger partial charge in [-0.15, -0.1) is 0 Å². The standard InChI is InChI=1S/C14H21N3O2/c1-15-11-4-2-3-9(11)14-16-13(17-19-14)10-7-8-5-6-12(10)18-8/h8-12,15H,2-7H2,1H3. The van der Waals surface area contributed by atoms with Crippen LogP contribution in [0.5, 0.6) is 0 Å². The molecule has 3 aliphatic rings. The predicted molar refractivity (Wildman–Crippen MR) is 69.0 cm³/mol. The maximum absolute atomic E-state index is 5.88. The highest BCUT2D eigenvalue weighted by atomic mass is 16.5. The second-order valence-corrected chi connectivity index (χ2v) is 6.14. The average molecular weight is 263 g/mol. The summed E-state index contributed by atoms with van der Waals surface area (Å²) >= 11 is 0. The van der Waals surface area contributed by atoms with Gasteiger partial charge in [0.1, 0.15) is 0 Å². The zero-order valence-corrected chi connectivity index (χ0v) is 11.3. The summed E-state index contributed by atoms with van der Waals surface area (Å²) < 4.78 is 11.4. The van der Waals surface area contributed by atoms with E-state index in [9.17, 15) is 0 Å². The van der Waals surface area contributed by atoms with Gasteiger partial charge in [0.05, 0.1) is 24.0 Å². The van der Waals surface area contributed by atoms with E-state index in [0.717, 1.165) is 31.0 Å². The van der Waals surface area contributed by atoms with Crippen molar-refractivity contribution < 1.29 is 9.26 Å². The van der Waals surface area contributed by atoms with Crippen LogP contribution in [0.4, 0.5) is 0 Å². The zero-order chi connectivity index (χ0) is 12.8. The lowest BCUT2D eigenvalue weighted by Crippen LogP contribution is -2.27. The Kier molecular flexibility index (Phi) is 2.84. The van der Waals surface area contributed by atoms with Crippen molar-refractivity contribution in [1.29, 1.82) is 0 Å². The summed E-state index contributed by atoms with van der Waals surface area (Å²) in [5.74, 6) is 2.47. The Bertz CT molecular complexity index is 441. The molecule has 1 aromatic rings. The molecule has 3 fully saturated rings. The van der Waals surface area contributed by atoms with Crippen LogP contribution >= 0.6 is 0 Å². The summed E-state index contributed by atoms with van der Waals surface area (Å²) in [4.78, 5) is 4.69. The molecule has 0 spiro atoms. The molecule has 0 amide bonds. The van der Waals surface area contributed by atoms with Gasteiger partial charge in [-0.3, -0.25) is 0 Å². The largest absolute Gasteiger partial charge is 0.374 e. The smallest absolute Gasteiger partial charge is 0.231 e. The predicted octanol–water partition coefficient (Wildman–Crippen LogP) is 1.96. The van der Waals surface area contributed by atoms with Crippen molar-refractivity contribution in [3.63, 3.8) is 0 Å². The lowest BCUT2D eigenvalue weighted by molar-refractivity contribution is 0.0996. The fraction of sp³-hybridized carbons (Fsp3) is 0.857. The molecule has 5 heteroatoms. The van der Waals surface area contributed by atoms with Crippen LogP contribution in [-0.4, -0.2) is 35.4 Å².